The van der Waals surface area contributed by atoms with E-state index in [-0.39, 0.29) is 11.6 Å². The van der Waals surface area contributed by atoms with Crippen molar-refractivity contribution in [1.29, 1.82) is 0 Å². The third-order valence-electron chi connectivity index (χ3n) is 2.98. The van der Waals surface area contributed by atoms with E-state index in [1.54, 1.807) is 36.4 Å². The molecule has 0 aromatic heterocycles. The highest BCUT2D eigenvalue weighted by atomic mass is 35.5. The summed E-state index contributed by atoms with van der Waals surface area (Å²) < 4.78 is 13.8. The Morgan fingerprint density at radius 1 is 1.21 bits per heavy atom. The second-order valence-corrected chi connectivity index (χ2v) is 4.68. The van der Waals surface area contributed by atoms with Crippen LogP contribution in [0.15, 0.2) is 42.5 Å². The van der Waals surface area contributed by atoms with Crippen LogP contribution in [0.3, 0.4) is 0 Å². The largest absolute Gasteiger partial charge is 0.508 e. The minimum atomic E-state index is -0.272. The first-order chi connectivity index (χ1) is 9.11. The molecule has 100 valence electrons. The first-order valence-electron chi connectivity index (χ1n) is 6.08. The maximum atomic E-state index is 13.8. The van der Waals surface area contributed by atoms with Gasteiger partial charge in [-0.15, -0.1) is 0 Å². The van der Waals surface area contributed by atoms with Gasteiger partial charge in [-0.1, -0.05) is 23.7 Å². The molecule has 0 aliphatic heterocycles. The van der Waals surface area contributed by atoms with Crippen molar-refractivity contribution in [2.24, 2.45) is 0 Å². The lowest BCUT2D eigenvalue weighted by atomic mass is 10.1. The van der Waals surface area contributed by atoms with E-state index in [9.17, 15) is 9.50 Å². The van der Waals surface area contributed by atoms with Crippen molar-refractivity contribution in [2.75, 3.05) is 11.4 Å². The van der Waals surface area contributed by atoms with Gasteiger partial charge in [0.15, 0.2) is 0 Å². The second kappa shape index (κ2) is 5.93. The topological polar surface area (TPSA) is 23.5 Å². The van der Waals surface area contributed by atoms with Gasteiger partial charge in [0.2, 0.25) is 0 Å². The summed E-state index contributed by atoms with van der Waals surface area (Å²) in [7, 11) is 0. The second-order valence-electron chi connectivity index (χ2n) is 4.24. The first kappa shape index (κ1) is 13.7. The van der Waals surface area contributed by atoms with Gasteiger partial charge in [0.1, 0.15) is 11.6 Å². The SMILES string of the molecule is CCN(Cc1cc(Cl)ccc1O)c1ccccc1F. The van der Waals surface area contributed by atoms with Gasteiger partial charge in [0.05, 0.1) is 5.69 Å². The molecule has 2 rings (SSSR count). The Balaban J connectivity index is 2.29. The molecule has 0 amide bonds. The van der Waals surface area contributed by atoms with Gasteiger partial charge in [-0.25, -0.2) is 4.39 Å². The zero-order valence-electron chi connectivity index (χ0n) is 10.6. The number of halogens is 2. The number of phenolic OH excluding ortho intramolecular Hbond substituents is 1. The highest BCUT2D eigenvalue weighted by Gasteiger charge is 2.12. The number of anilines is 1. The average Bonchev–Trinajstić information content (AvgIpc) is 2.41. The Morgan fingerprint density at radius 2 is 1.95 bits per heavy atom. The zero-order valence-corrected chi connectivity index (χ0v) is 11.4. The van der Waals surface area contributed by atoms with Gasteiger partial charge >= 0.3 is 0 Å². The van der Waals surface area contributed by atoms with Crippen LogP contribution in [0.2, 0.25) is 5.02 Å². The third-order valence-corrected chi connectivity index (χ3v) is 3.21. The average molecular weight is 280 g/mol. The summed E-state index contributed by atoms with van der Waals surface area (Å²) in [6, 6.07) is 11.5. The van der Waals surface area contributed by atoms with Gasteiger partial charge in [0, 0.05) is 23.7 Å². The molecule has 19 heavy (non-hydrogen) atoms. The molecule has 0 radical (unpaired) electrons. The predicted octanol–water partition coefficient (Wildman–Crippen LogP) is 4.21. The molecule has 4 heteroatoms. The number of aromatic hydroxyl groups is 1. The quantitative estimate of drug-likeness (QED) is 0.906. The number of nitrogens with zero attached hydrogens (tertiary/aromatic N) is 1. The standard InChI is InChI=1S/C15H15ClFNO/c1-2-18(14-6-4-3-5-13(14)17)10-11-9-12(16)7-8-15(11)19/h3-9,19H,2,10H2,1H3. The van der Waals surface area contributed by atoms with E-state index in [1.807, 2.05) is 11.8 Å². The van der Waals surface area contributed by atoms with Crippen molar-refractivity contribution in [3.63, 3.8) is 0 Å². The van der Waals surface area contributed by atoms with Gasteiger partial charge in [-0.05, 0) is 37.3 Å². The monoisotopic (exact) mass is 279 g/mol. The number of rotatable bonds is 4. The number of para-hydroxylation sites is 1. The maximum absolute atomic E-state index is 13.8. The van der Waals surface area contributed by atoms with E-state index in [2.05, 4.69) is 0 Å². The lowest BCUT2D eigenvalue weighted by Crippen LogP contribution is -2.23. The molecule has 2 aromatic rings. The van der Waals surface area contributed by atoms with Crippen LogP contribution in [0.4, 0.5) is 10.1 Å². The lowest BCUT2D eigenvalue weighted by molar-refractivity contribution is 0.467. The van der Waals surface area contributed by atoms with Crippen molar-refractivity contribution in [3.8, 4) is 5.75 Å². The van der Waals surface area contributed by atoms with Crippen molar-refractivity contribution in [2.45, 2.75) is 13.5 Å². The molecule has 0 aliphatic rings. The van der Waals surface area contributed by atoms with E-state index in [0.29, 0.717) is 29.4 Å². The molecule has 2 nitrogen and oxygen atoms in total. The molecule has 0 atom stereocenters. The lowest BCUT2D eigenvalue weighted by Gasteiger charge is -2.24. The number of phenols is 1. The molecular formula is C15H15ClFNO. The molecule has 2 aromatic carbocycles. The van der Waals surface area contributed by atoms with Crippen LogP contribution >= 0.6 is 11.6 Å². The van der Waals surface area contributed by atoms with E-state index in [0.717, 1.165) is 0 Å². The fourth-order valence-electron chi connectivity index (χ4n) is 1.96. The van der Waals surface area contributed by atoms with E-state index in [4.69, 9.17) is 11.6 Å². The Hall–Kier alpha value is -1.74. The fourth-order valence-corrected chi connectivity index (χ4v) is 2.16. The minimum absolute atomic E-state index is 0.166. The maximum Gasteiger partial charge on any atom is 0.146 e. The Labute approximate surface area is 117 Å². The molecule has 0 saturated carbocycles. The van der Waals surface area contributed by atoms with Crippen LogP contribution in [0.25, 0.3) is 0 Å². The fraction of sp³-hybridized carbons (Fsp3) is 0.200. The molecule has 0 bridgehead atoms. The molecule has 0 unspecified atom stereocenters. The smallest absolute Gasteiger partial charge is 0.146 e. The van der Waals surface area contributed by atoms with Gasteiger partial charge < -0.3 is 10.0 Å². The van der Waals surface area contributed by atoms with Gasteiger partial charge in [0.25, 0.3) is 0 Å². The molecule has 0 saturated heterocycles. The molecule has 0 aliphatic carbocycles. The molecule has 1 N–H and O–H groups in total. The van der Waals surface area contributed by atoms with Crippen LogP contribution in [0, 0.1) is 5.82 Å². The highest BCUT2D eigenvalue weighted by molar-refractivity contribution is 6.30. The molecule has 0 spiro atoms. The molecule has 0 heterocycles. The third kappa shape index (κ3) is 3.18. The first-order valence-corrected chi connectivity index (χ1v) is 6.46. The van der Waals surface area contributed by atoms with Gasteiger partial charge in [-0.2, -0.15) is 0 Å². The van der Waals surface area contributed by atoms with Gasteiger partial charge in [-0.3, -0.25) is 0 Å². The van der Waals surface area contributed by atoms with Crippen LogP contribution in [-0.4, -0.2) is 11.7 Å². The molecule has 0 fully saturated rings. The predicted molar refractivity (Wildman–Crippen MR) is 76.2 cm³/mol. The van der Waals surface area contributed by atoms with Crippen molar-refractivity contribution in [3.05, 3.63) is 58.9 Å². The Kier molecular flexibility index (Phi) is 4.27. The van der Waals surface area contributed by atoms with E-state index in [1.165, 1.54) is 6.07 Å². The number of hydrogen-bond donors (Lipinski definition) is 1. The normalized spacial score (nSPS) is 10.5. The summed E-state index contributed by atoms with van der Waals surface area (Å²) in [6.45, 7) is 2.98. The summed E-state index contributed by atoms with van der Waals surface area (Å²) in [5.41, 5.74) is 1.20. The number of benzene rings is 2. The summed E-state index contributed by atoms with van der Waals surface area (Å²) in [5.74, 6) is -0.106. The highest BCUT2D eigenvalue weighted by Crippen LogP contribution is 2.26. The van der Waals surface area contributed by atoms with Crippen LogP contribution < -0.4 is 4.90 Å². The summed E-state index contributed by atoms with van der Waals surface area (Å²) >= 11 is 5.92. The van der Waals surface area contributed by atoms with E-state index < -0.39 is 0 Å². The van der Waals surface area contributed by atoms with Crippen LogP contribution in [-0.2, 0) is 6.54 Å². The molecular weight excluding hydrogens is 265 g/mol. The summed E-state index contributed by atoms with van der Waals surface area (Å²) in [6.07, 6.45) is 0. The van der Waals surface area contributed by atoms with Crippen molar-refractivity contribution >= 4 is 17.3 Å². The van der Waals surface area contributed by atoms with Crippen LogP contribution in [0.5, 0.6) is 5.75 Å². The number of hydrogen-bond acceptors (Lipinski definition) is 2. The van der Waals surface area contributed by atoms with Crippen molar-refractivity contribution < 1.29 is 9.50 Å². The zero-order chi connectivity index (χ0) is 13.8. The van der Waals surface area contributed by atoms with E-state index >= 15 is 0 Å². The Bertz CT molecular complexity index is 574. The van der Waals surface area contributed by atoms with Crippen molar-refractivity contribution in [1.82, 2.24) is 0 Å². The summed E-state index contributed by atoms with van der Waals surface area (Å²) in [5, 5.41) is 10.4. The Morgan fingerprint density at radius 3 is 2.63 bits per heavy atom. The van der Waals surface area contributed by atoms with Crippen LogP contribution in [0.1, 0.15) is 12.5 Å². The summed E-state index contributed by atoms with van der Waals surface area (Å²) in [4.78, 5) is 1.85. The minimum Gasteiger partial charge on any atom is -0.508 e.